The lowest BCUT2D eigenvalue weighted by Crippen LogP contribution is -2.15. The number of nitrogen functional groups attached to an aromatic ring is 1. The van der Waals surface area contributed by atoms with Crippen molar-refractivity contribution in [3.05, 3.63) is 34.4 Å². The fraction of sp³-hybridized carbons (Fsp3) is 0.182. The van der Waals surface area contributed by atoms with Gasteiger partial charge < -0.3 is 5.73 Å². The average Bonchev–Trinajstić information content (AvgIpc) is 2.68. The summed E-state index contributed by atoms with van der Waals surface area (Å²) in [5.74, 6) is 0.267. The van der Waals surface area contributed by atoms with E-state index in [1.165, 1.54) is 10.7 Å². The van der Waals surface area contributed by atoms with Crippen LogP contribution in [0.4, 0.5) is 11.5 Å². The Kier molecular flexibility index (Phi) is 3.55. The first-order chi connectivity index (χ1) is 8.79. The minimum atomic E-state index is -3.70. The van der Waals surface area contributed by atoms with E-state index in [1.54, 1.807) is 32.3 Å². The number of aryl methyl sites for hydroxylation is 2. The Morgan fingerprint density at radius 1 is 1.42 bits per heavy atom. The van der Waals surface area contributed by atoms with Gasteiger partial charge in [0.25, 0.3) is 10.0 Å². The van der Waals surface area contributed by atoms with E-state index in [0.717, 1.165) is 0 Å². The van der Waals surface area contributed by atoms with E-state index < -0.39 is 10.0 Å². The molecule has 1 heterocycles. The lowest BCUT2D eigenvalue weighted by Gasteiger charge is -2.10. The van der Waals surface area contributed by atoms with Gasteiger partial charge in [0.05, 0.1) is 4.90 Å². The molecular formula is C11H13BrN4O2S. The van der Waals surface area contributed by atoms with Crippen LogP contribution in [0.2, 0.25) is 0 Å². The van der Waals surface area contributed by atoms with Gasteiger partial charge >= 0.3 is 0 Å². The van der Waals surface area contributed by atoms with Crippen LogP contribution in [-0.2, 0) is 17.1 Å². The number of sulfonamides is 1. The zero-order valence-electron chi connectivity index (χ0n) is 10.4. The van der Waals surface area contributed by atoms with Crippen molar-refractivity contribution in [3.8, 4) is 0 Å². The van der Waals surface area contributed by atoms with E-state index in [0.29, 0.717) is 15.7 Å². The third kappa shape index (κ3) is 2.90. The first-order valence-corrected chi connectivity index (χ1v) is 7.65. The van der Waals surface area contributed by atoms with E-state index in [1.807, 2.05) is 0 Å². The largest absolute Gasteiger partial charge is 0.398 e. The van der Waals surface area contributed by atoms with Crippen LogP contribution in [0, 0.1) is 6.92 Å². The van der Waals surface area contributed by atoms with Crippen molar-refractivity contribution in [2.24, 2.45) is 7.05 Å². The molecular weight excluding hydrogens is 332 g/mol. The summed E-state index contributed by atoms with van der Waals surface area (Å²) in [4.78, 5) is 0.138. The summed E-state index contributed by atoms with van der Waals surface area (Å²) in [6, 6.07) is 4.67. The molecule has 0 saturated heterocycles. The van der Waals surface area contributed by atoms with Gasteiger partial charge in [-0.15, -0.1) is 0 Å². The second-order valence-electron chi connectivity index (χ2n) is 4.12. The Morgan fingerprint density at radius 2 is 2.11 bits per heavy atom. The number of benzene rings is 1. The highest BCUT2D eigenvalue weighted by molar-refractivity contribution is 9.10. The van der Waals surface area contributed by atoms with Crippen molar-refractivity contribution in [2.45, 2.75) is 11.8 Å². The van der Waals surface area contributed by atoms with Gasteiger partial charge in [-0.05, 0) is 40.5 Å². The number of anilines is 2. The Balaban J connectivity index is 2.42. The van der Waals surface area contributed by atoms with Gasteiger partial charge in [-0.25, -0.2) is 8.42 Å². The molecule has 19 heavy (non-hydrogen) atoms. The number of hydrogen-bond acceptors (Lipinski definition) is 4. The molecule has 0 aliphatic carbocycles. The first-order valence-electron chi connectivity index (χ1n) is 5.37. The molecule has 0 aliphatic heterocycles. The highest BCUT2D eigenvalue weighted by Gasteiger charge is 2.19. The molecule has 0 spiro atoms. The predicted octanol–water partition coefficient (Wildman–Crippen LogP) is 1.87. The van der Waals surface area contributed by atoms with Gasteiger partial charge in [0, 0.05) is 29.5 Å². The average molecular weight is 345 g/mol. The third-order valence-electron chi connectivity index (χ3n) is 2.54. The van der Waals surface area contributed by atoms with Gasteiger partial charge in [0.2, 0.25) is 0 Å². The first kappa shape index (κ1) is 13.9. The van der Waals surface area contributed by atoms with Crippen molar-refractivity contribution < 1.29 is 8.42 Å². The molecule has 0 unspecified atom stereocenters. The van der Waals surface area contributed by atoms with E-state index >= 15 is 0 Å². The van der Waals surface area contributed by atoms with Gasteiger partial charge in [-0.2, -0.15) is 5.10 Å². The SMILES string of the molecule is Cc1cc(Br)c(N)cc1S(=O)(=O)Nc1ccn(C)n1. The molecule has 0 atom stereocenters. The topological polar surface area (TPSA) is 90.0 Å². The summed E-state index contributed by atoms with van der Waals surface area (Å²) in [5.41, 5.74) is 6.69. The predicted molar refractivity (Wildman–Crippen MR) is 77.3 cm³/mol. The second-order valence-corrected chi connectivity index (χ2v) is 6.62. The Morgan fingerprint density at radius 3 is 2.68 bits per heavy atom. The third-order valence-corrected chi connectivity index (χ3v) is 4.72. The standard InChI is InChI=1S/C11H13BrN4O2S/c1-7-5-8(12)9(13)6-10(7)19(17,18)15-11-3-4-16(2)14-11/h3-6H,13H2,1-2H3,(H,14,15). The number of nitrogens with one attached hydrogen (secondary N) is 1. The number of aromatic nitrogens is 2. The lowest BCUT2D eigenvalue weighted by atomic mass is 10.2. The molecule has 1 aromatic carbocycles. The Bertz CT molecular complexity index is 724. The zero-order valence-corrected chi connectivity index (χ0v) is 12.8. The van der Waals surface area contributed by atoms with Crippen LogP contribution in [0.1, 0.15) is 5.56 Å². The van der Waals surface area contributed by atoms with Crippen LogP contribution in [0.5, 0.6) is 0 Å². The number of hydrogen-bond donors (Lipinski definition) is 2. The zero-order chi connectivity index (χ0) is 14.2. The molecule has 0 radical (unpaired) electrons. The molecule has 0 saturated carbocycles. The van der Waals surface area contributed by atoms with Crippen LogP contribution in [0.3, 0.4) is 0 Å². The highest BCUT2D eigenvalue weighted by Crippen LogP contribution is 2.27. The van der Waals surface area contributed by atoms with Crippen molar-refractivity contribution in [1.82, 2.24) is 9.78 Å². The highest BCUT2D eigenvalue weighted by atomic mass is 79.9. The molecule has 3 N–H and O–H groups in total. The molecule has 2 rings (SSSR count). The maximum absolute atomic E-state index is 12.3. The van der Waals surface area contributed by atoms with Crippen molar-refractivity contribution in [2.75, 3.05) is 10.5 Å². The summed E-state index contributed by atoms with van der Waals surface area (Å²) in [5, 5.41) is 3.98. The molecule has 6 nitrogen and oxygen atoms in total. The van der Waals surface area contributed by atoms with E-state index in [4.69, 9.17) is 5.73 Å². The van der Waals surface area contributed by atoms with Gasteiger partial charge in [0.15, 0.2) is 5.82 Å². The molecule has 0 amide bonds. The van der Waals surface area contributed by atoms with E-state index in [2.05, 4.69) is 25.8 Å². The van der Waals surface area contributed by atoms with E-state index in [9.17, 15) is 8.42 Å². The van der Waals surface area contributed by atoms with E-state index in [-0.39, 0.29) is 10.7 Å². The van der Waals surface area contributed by atoms with Crippen molar-refractivity contribution >= 4 is 37.5 Å². The van der Waals surface area contributed by atoms with Gasteiger partial charge in [0.1, 0.15) is 0 Å². The molecule has 2 aromatic rings. The minimum absolute atomic E-state index is 0.138. The summed E-state index contributed by atoms with van der Waals surface area (Å²) in [7, 11) is -1.99. The maximum atomic E-state index is 12.3. The number of nitrogens with two attached hydrogens (primary N) is 1. The minimum Gasteiger partial charge on any atom is -0.398 e. The Hall–Kier alpha value is -1.54. The Labute approximate surface area is 119 Å². The fourth-order valence-electron chi connectivity index (χ4n) is 1.62. The number of rotatable bonds is 3. The van der Waals surface area contributed by atoms with Crippen LogP contribution in [-0.4, -0.2) is 18.2 Å². The number of nitrogens with zero attached hydrogens (tertiary/aromatic N) is 2. The summed E-state index contributed by atoms with van der Waals surface area (Å²) >= 11 is 3.26. The fourth-order valence-corrected chi connectivity index (χ4v) is 3.34. The summed E-state index contributed by atoms with van der Waals surface area (Å²) in [6.07, 6.45) is 1.65. The number of halogens is 1. The van der Waals surface area contributed by atoms with Crippen LogP contribution in [0.15, 0.2) is 33.8 Å². The summed E-state index contributed by atoms with van der Waals surface area (Å²) < 4.78 is 29.1. The van der Waals surface area contributed by atoms with Crippen molar-refractivity contribution in [1.29, 1.82) is 0 Å². The molecule has 8 heteroatoms. The van der Waals surface area contributed by atoms with Crippen molar-refractivity contribution in [3.63, 3.8) is 0 Å². The molecule has 0 aliphatic rings. The molecule has 102 valence electrons. The smallest absolute Gasteiger partial charge is 0.263 e. The molecule has 1 aromatic heterocycles. The normalized spacial score (nSPS) is 11.5. The summed E-state index contributed by atoms with van der Waals surface area (Å²) in [6.45, 7) is 1.71. The second kappa shape index (κ2) is 4.86. The van der Waals surface area contributed by atoms with Crippen LogP contribution < -0.4 is 10.5 Å². The van der Waals surface area contributed by atoms with Crippen LogP contribution >= 0.6 is 15.9 Å². The van der Waals surface area contributed by atoms with Crippen LogP contribution in [0.25, 0.3) is 0 Å². The monoisotopic (exact) mass is 344 g/mol. The maximum Gasteiger partial charge on any atom is 0.263 e. The molecule has 0 fully saturated rings. The molecule has 0 bridgehead atoms. The quantitative estimate of drug-likeness (QED) is 0.831. The lowest BCUT2D eigenvalue weighted by molar-refractivity contribution is 0.600. The van der Waals surface area contributed by atoms with Gasteiger partial charge in [-0.1, -0.05) is 0 Å². The van der Waals surface area contributed by atoms with Gasteiger partial charge in [-0.3, -0.25) is 9.40 Å².